The van der Waals surface area contributed by atoms with Gasteiger partial charge in [-0.1, -0.05) is 0 Å². The number of rotatable bonds is 4. The van der Waals surface area contributed by atoms with Crippen molar-refractivity contribution in [3.63, 3.8) is 0 Å². The number of pyridine rings is 1. The van der Waals surface area contributed by atoms with Crippen molar-refractivity contribution in [2.24, 2.45) is 0 Å². The van der Waals surface area contributed by atoms with Crippen molar-refractivity contribution in [1.29, 1.82) is 0 Å². The summed E-state index contributed by atoms with van der Waals surface area (Å²) in [6.45, 7) is 3.27. The number of carbonyl (C=O) groups excluding carboxylic acids is 1. The molecule has 2 aromatic heterocycles. The molecular formula is C17H21N5O2. The number of nitrogens with zero attached hydrogens (tertiary/aromatic N) is 5. The average Bonchev–Trinajstić information content (AvgIpc) is 2.97. The number of aromatic nitrogens is 3. The fourth-order valence-electron chi connectivity index (χ4n) is 3.04. The Labute approximate surface area is 141 Å². The van der Waals surface area contributed by atoms with Crippen LogP contribution in [0.1, 0.15) is 22.3 Å². The number of amides is 1. The van der Waals surface area contributed by atoms with E-state index >= 15 is 0 Å². The molecule has 1 aliphatic heterocycles. The van der Waals surface area contributed by atoms with E-state index in [1.807, 2.05) is 11.8 Å². The first-order chi connectivity index (χ1) is 11.5. The van der Waals surface area contributed by atoms with E-state index in [0.29, 0.717) is 25.1 Å². The molecule has 0 unspecified atom stereocenters. The van der Waals surface area contributed by atoms with Crippen LogP contribution < -0.4 is 4.90 Å². The number of carbonyl (C=O) groups is 1. The lowest BCUT2D eigenvalue weighted by atomic mass is 10.0. The van der Waals surface area contributed by atoms with Crippen LogP contribution in [-0.4, -0.2) is 63.1 Å². The third-order valence-electron chi connectivity index (χ3n) is 4.21. The summed E-state index contributed by atoms with van der Waals surface area (Å²) in [5, 5.41) is 10.8. The Hall–Kier alpha value is -2.54. The van der Waals surface area contributed by atoms with Crippen molar-refractivity contribution >= 4 is 11.7 Å². The Morgan fingerprint density at radius 2 is 2.17 bits per heavy atom. The predicted molar refractivity (Wildman–Crippen MR) is 89.7 cm³/mol. The van der Waals surface area contributed by atoms with Crippen LogP contribution in [0.4, 0.5) is 5.82 Å². The number of anilines is 1. The minimum absolute atomic E-state index is 0.141. The first-order valence-electron chi connectivity index (χ1n) is 7.87. The zero-order valence-corrected chi connectivity index (χ0v) is 13.9. The molecule has 1 amide bonds. The van der Waals surface area contributed by atoms with Gasteiger partial charge >= 0.3 is 0 Å². The van der Waals surface area contributed by atoms with Crippen LogP contribution in [0.3, 0.4) is 0 Å². The molecule has 0 radical (unpaired) electrons. The Bertz CT molecular complexity index is 724. The minimum atomic E-state index is -0.959. The van der Waals surface area contributed by atoms with Gasteiger partial charge in [0.1, 0.15) is 11.4 Å². The van der Waals surface area contributed by atoms with E-state index in [2.05, 4.69) is 15.0 Å². The molecule has 3 heterocycles. The maximum atomic E-state index is 12.5. The molecule has 7 heteroatoms. The number of β-amino-alcohol motifs (C(OH)–C–C–N with tert-alkyl or cyclic N) is 1. The first-order valence-corrected chi connectivity index (χ1v) is 7.87. The third-order valence-corrected chi connectivity index (χ3v) is 4.21. The van der Waals surface area contributed by atoms with Gasteiger partial charge in [0.2, 0.25) is 0 Å². The average molecular weight is 327 g/mol. The summed E-state index contributed by atoms with van der Waals surface area (Å²) in [6, 6.07) is 1.80. The maximum Gasteiger partial charge on any atom is 0.255 e. The number of hydrogen-bond donors (Lipinski definition) is 1. The molecule has 126 valence electrons. The number of hydrogen-bond acceptors (Lipinski definition) is 6. The standard InChI is InChI=1S/C17H21N5O2/c1-13-7-14(9-19-8-13)16(23)21(2)11-17(24)3-6-22(12-17)15-10-18-4-5-20-15/h4-5,7-10,24H,3,6,11-12H2,1-2H3/t17-/m0/s1. The van der Waals surface area contributed by atoms with Gasteiger partial charge in [-0.25, -0.2) is 4.98 Å². The molecule has 1 aliphatic rings. The van der Waals surface area contributed by atoms with Crippen LogP contribution in [0.2, 0.25) is 0 Å². The molecule has 1 fully saturated rings. The van der Waals surface area contributed by atoms with Crippen molar-refractivity contribution < 1.29 is 9.90 Å². The van der Waals surface area contributed by atoms with Crippen molar-refractivity contribution in [3.05, 3.63) is 48.2 Å². The fourth-order valence-corrected chi connectivity index (χ4v) is 3.04. The quantitative estimate of drug-likeness (QED) is 0.898. The number of aryl methyl sites for hydroxylation is 1. The summed E-state index contributed by atoms with van der Waals surface area (Å²) < 4.78 is 0. The van der Waals surface area contributed by atoms with Crippen LogP contribution in [0.15, 0.2) is 37.1 Å². The highest BCUT2D eigenvalue weighted by Crippen LogP contribution is 2.26. The Balaban J connectivity index is 1.66. The van der Waals surface area contributed by atoms with Gasteiger partial charge in [0, 0.05) is 44.9 Å². The van der Waals surface area contributed by atoms with Gasteiger partial charge < -0.3 is 14.9 Å². The molecule has 24 heavy (non-hydrogen) atoms. The molecule has 0 spiro atoms. The Kier molecular flexibility index (Phi) is 4.44. The van der Waals surface area contributed by atoms with E-state index < -0.39 is 5.60 Å². The minimum Gasteiger partial charge on any atom is -0.386 e. The van der Waals surface area contributed by atoms with Crippen LogP contribution in [0, 0.1) is 6.92 Å². The summed E-state index contributed by atoms with van der Waals surface area (Å²) in [7, 11) is 1.70. The lowest BCUT2D eigenvalue weighted by molar-refractivity contribution is 0.0264. The molecule has 1 atom stereocenters. The molecule has 0 aliphatic carbocycles. The highest BCUT2D eigenvalue weighted by Gasteiger charge is 2.38. The molecule has 0 bridgehead atoms. The molecule has 1 N–H and O–H groups in total. The second-order valence-corrected chi connectivity index (χ2v) is 6.37. The summed E-state index contributed by atoms with van der Waals surface area (Å²) in [6.07, 6.45) is 8.77. The van der Waals surface area contributed by atoms with Gasteiger partial charge in [0.05, 0.1) is 18.3 Å². The Morgan fingerprint density at radius 3 is 2.88 bits per heavy atom. The van der Waals surface area contributed by atoms with E-state index in [1.165, 1.54) is 0 Å². The van der Waals surface area contributed by atoms with E-state index in [1.54, 1.807) is 49.0 Å². The largest absolute Gasteiger partial charge is 0.386 e. The van der Waals surface area contributed by atoms with Gasteiger partial charge in [0.25, 0.3) is 5.91 Å². The van der Waals surface area contributed by atoms with E-state index in [-0.39, 0.29) is 12.5 Å². The van der Waals surface area contributed by atoms with E-state index in [4.69, 9.17) is 0 Å². The third kappa shape index (κ3) is 3.51. The highest BCUT2D eigenvalue weighted by atomic mass is 16.3. The zero-order chi connectivity index (χ0) is 17.2. The summed E-state index contributed by atoms with van der Waals surface area (Å²) in [4.78, 5) is 28.4. The monoisotopic (exact) mass is 327 g/mol. The lowest BCUT2D eigenvalue weighted by Crippen LogP contribution is -2.46. The van der Waals surface area contributed by atoms with Gasteiger partial charge in [-0.15, -0.1) is 0 Å². The molecule has 0 aromatic carbocycles. The van der Waals surface area contributed by atoms with Crippen LogP contribution >= 0.6 is 0 Å². The van der Waals surface area contributed by atoms with Gasteiger partial charge in [-0.3, -0.25) is 14.8 Å². The summed E-state index contributed by atoms with van der Waals surface area (Å²) in [5.41, 5.74) is 0.506. The predicted octanol–water partition coefficient (Wildman–Crippen LogP) is 0.893. The molecule has 7 nitrogen and oxygen atoms in total. The van der Waals surface area contributed by atoms with Gasteiger partial charge in [-0.05, 0) is 25.0 Å². The summed E-state index contributed by atoms with van der Waals surface area (Å²) >= 11 is 0. The highest BCUT2D eigenvalue weighted by molar-refractivity contribution is 5.93. The SMILES string of the molecule is Cc1cncc(C(=O)N(C)C[C@@]2(O)CCN(c3cnccn3)C2)c1. The number of likely N-dealkylation sites (N-methyl/N-ethyl adjacent to an activating group) is 1. The van der Waals surface area contributed by atoms with E-state index in [0.717, 1.165) is 11.4 Å². The van der Waals surface area contributed by atoms with Crippen molar-refractivity contribution in [2.75, 3.05) is 31.6 Å². The zero-order valence-electron chi connectivity index (χ0n) is 13.9. The number of aliphatic hydroxyl groups is 1. The topological polar surface area (TPSA) is 82.5 Å². The summed E-state index contributed by atoms with van der Waals surface area (Å²) in [5.74, 6) is 0.600. The van der Waals surface area contributed by atoms with Crippen LogP contribution in [-0.2, 0) is 0 Å². The first kappa shape index (κ1) is 16.3. The molecule has 1 saturated heterocycles. The normalized spacial score (nSPS) is 20.2. The van der Waals surface area contributed by atoms with E-state index in [9.17, 15) is 9.90 Å². The van der Waals surface area contributed by atoms with Gasteiger partial charge in [-0.2, -0.15) is 0 Å². The molecule has 3 rings (SSSR count). The second kappa shape index (κ2) is 6.52. The van der Waals surface area contributed by atoms with Crippen LogP contribution in [0.25, 0.3) is 0 Å². The fraction of sp³-hybridized carbons (Fsp3) is 0.412. The van der Waals surface area contributed by atoms with Crippen molar-refractivity contribution in [1.82, 2.24) is 19.9 Å². The second-order valence-electron chi connectivity index (χ2n) is 6.37. The van der Waals surface area contributed by atoms with Crippen molar-refractivity contribution in [2.45, 2.75) is 18.9 Å². The van der Waals surface area contributed by atoms with Crippen LogP contribution in [0.5, 0.6) is 0 Å². The molecular weight excluding hydrogens is 306 g/mol. The van der Waals surface area contributed by atoms with Crippen molar-refractivity contribution in [3.8, 4) is 0 Å². The molecule has 2 aromatic rings. The maximum absolute atomic E-state index is 12.5. The smallest absolute Gasteiger partial charge is 0.255 e. The Morgan fingerprint density at radius 1 is 1.33 bits per heavy atom. The van der Waals surface area contributed by atoms with Gasteiger partial charge in [0.15, 0.2) is 0 Å². The molecule has 0 saturated carbocycles. The lowest BCUT2D eigenvalue weighted by Gasteiger charge is -2.29.